The van der Waals surface area contributed by atoms with Crippen molar-refractivity contribution >= 4 is 33.9 Å². The van der Waals surface area contributed by atoms with Gasteiger partial charge >= 0.3 is 5.97 Å². The summed E-state index contributed by atoms with van der Waals surface area (Å²) in [4.78, 5) is 16.4. The Morgan fingerprint density at radius 1 is 1.09 bits per heavy atom. The zero-order chi connectivity index (χ0) is 22.7. The van der Waals surface area contributed by atoms with E-state index in [2.05, 4.69) is 20.9 Å². The number of halogens is 3. The first kappa shape index (κ1) is 21.7. The molecule has 0 saturated carbocycles. The summed E-state index contributed by atoms with van der Waals surface area (Å²) >= 11 is 3.44. The third-order valence-corrected chi connectivity index (χ3v) is 5.14. The molecule has 162 valence electrons. The maximum absolute atomic E-state index is 14.0. The summed E-state index contributed by atoms with van der Waals surface area (Å²) < 4.78 is 44.3. The van der Waals surface area contributed by atoms with Crippen LogP contribution in [0.4, 0.5) is 8.78 Å². The van der Waals surface area contributed by atoms with E-state index >= 15 is 0 Å². The molecule has 0 N–H and O–H groups in total. The van der Waals surface area contributed by atoms with E-state index in [4.69, 9.17) is 14.2 Å². The molecule has 1 heterocycles. The number of ether oxygens (including phenoxy) is 3. The van der Waals surface area contributed by atoms with E-state index in [0.29, 0.717) is 27.1 Å². The van der Waals surface area contributed by atoms with Crippen molar-refractivity contribution in [3.8, 4) is 11.5 Å². The average Bonchev–Trinajstić information content (AvgIpc) is 3.13. The molecule has 0 atom stereocenters. The fraction of sp³-hybridized carbons (Fsp3) is 0.0833. The van der Waals surface area contributed by atoms with Crippen molar-refractivity contribution in [3.05, 3.63) is 99.2 Å². The molecule has 8 heteroatoms. The third kappa shape index (κ3) is 4.70. The number of hydrogen-bond acceptors (Lipinski definition) is 5. The summed E-state index contributed by atoms with van der Waals surface area (Å²) in [6, 6.07) is 15.4. The highest BCUT2D eigenvalue weighted by molar-refractivity contribution is 9.10. The Kier molecular flexibility index (Phi) is 6.32. The van der Waals surface area contributed by atoms with E-state index in [0.717, 1.165) is 0 Å². The highest BCUT2D eigenvalue weighted by Crippen LogP contribution is 2.38. The second kappa shape index (κ2) is 9.32. The first-order valence-electron chi connectivity index (χ1n) is 9.47. The van der Waals surface area contributed by atoms with Crippen LogP contribution in [0.15, 0.2) is 75.8 Å². The second-order valence-electron chi connectivity index (χ2n) is 6.77. The number of methoxy groups -OCH3 is 1. The molecule has 0 fully saturated rings. The molecule has 5 nitrogen and oxygen atoms in total. The Balaban J connectivity index is 1.60. The minimum atomic E-state index is -0.690. The first-order chi connectivity index (χ1) is 15.4. The van der Waals surface area contributed by atoms with Crippen LogP contribution >= 0.6 is 15.9 Å². The minimum Gasteiger partial charge on any atom is -0.493 e. The largest absolute Gasteiger partial charge is 0.493 e. The highest BCUT2D eigenvalue weighted by Gasteiger charge is 2.26. The van der Waals surface area contributed by atoms with Gasteiger partial charge in [-0.15, -0.1) is 0 Å². The van der Waals surface area contributed by atoms with Crippen molar-refractivity contribution in [2.75, 3.05) is 7.11 Å². The van der Waals surface area contributed by atoms with Gasteiger partial charge in [0.1, 0.15) is 18.2 Å². The number of nitrogens with zero attached hydrogens (tertiary/aromatic N) is 1. The molecule has 32 heavy (non-hydrogen) atoms. The number of cyclic esters (lactones) is 1. The summed E-state index contributed by atoms with van der Waals surface area (Å²) in [7, 11) is 1.48. The number of aliphatic imine (C=N–C) groups is 1. The SMILES string of the molecule is COc1cc(/C=C2\N=C(c3ccccc3F)OC2=O)cc(Br)c1OCc1cccc(F)c1. The summed E-state index contributed by atoms with van der Waals surface area (Å²) in [5.74, 6) is -0.858. The highest BCUT2D eigenvalue weighted by atomic mass is 79.9. The van der Waals surface area contributed by atoms with Crippen molar-refractivity contribution in [2.24, 2.45) is 4.99 Å². The van der Waals surface area contributed by atoms with Crippen molar-refractivity contribution in [1.29, 1.82) is 0 Å². The molecule has 1 aliphatic heterocycles. The number of rotatable bonds is 6. The van der Waals surface area contributed by atoms with Crippen LogP contribution in [0, 0.1) is 11.6 Å². The Morgan fingerprint density at radius 2 is 1.91 bits per heavy atom. The molecular weight excluding hydrogens is 484 g/mol. The molecular formula is C24H16BrF2NO4. The van der Waals surface area contributed by atoms with Gasteiger partial charge in [0.05, 0.1) is 17.1 Å². The van der Waals surface area contributed by atoms with Gasteiger partial charge < -0.3 is 14.2 Å². The van der Waals surface area contributed by atoms with E-state index < -0.39 is 11.8 Å². The number of hydrogen-bond donors (Lipinski definition) is 0. The Bertz CT molecular complexity index is 1260. The van der Waals surface area contributed by atoms with Crippen LogP contribution in [0.5, 0.6) is 11.5 Å². The maximum atomic E-state index is 14.0. The van der Waals surface area contributed by atoms with Crippen LogP contribution in [-0.4, -0.2) is 19.0 Å². The van der Waals surface area contributed by atoms with Gasteiger partial charge in [-0.1, -0.05) is 24.3 Å². The third-order valence-electron chi connectivity index (χ3n) is 4.55. The zero-order valence-corrected chi connectivity index (χ0v) is 18.4. The predicted octanol–water partition coefficient (Wildman–Crippen LogP) is 5.66. The standard InChI is InChI=1S/C24H16BrF2NO4/c1-30-21-12-15(10-18(25)22(21)31-13-14-5-4-6-16(26)9-14)11-20-24(29)32-23(28-20)17-7-2-3-8-19(17)27/h2-12H,13H2,1H3/b20-11-. The molecule has 0 aliphatic carbocycles. The minimum absolute atomic E-state index is 0.0191. The van der Waals surface area contributed by atoms with Crippen molar-refractivity contribution in [3.63, 3.8) is 0 Å². The number of benzene rings is 3. The van der Waals surface area contributed by atoms with Gasteiger partial charge in [0.2, 0.25) is 5.90 Å². The fourth-order valence-electron chi connectivity index (χ4n) is 3.06. The van der Waals surface area contributed by atoms with Crippen molar-refractivity contribution < 1.29 is 27.8 Å². The number of esters is 1. The smallest absolute Gasteiger partial charge is 0.363 e. The lowest BCUT2D eigenvalue weighted by Crippen LogP contribution is -2.07. The quantitative estimate of drug-likeness (QED) is 0.324. The van der Waals surface area contributed by atoms with Crippen LogP contribution in [0.2, 0.25) is 0 Å². The topological polar surface area (TPSA) is 57.1 Å². The molecule has 0 radical (unpaired) electrons. The van der Waals surface area contributed by atoms with Gasteiger partial charge in [0.25, 0.3) is 0 Å². The van der Waals surface area contributed by atoms with Gasteiger partial charge in [0, 0.05) is 0 Å². The van der Waals surface area contributed by atoms with Crippen molar-refractivity contribution in [1.82, 2.24) is 0 Å². The summed E-state index contributed by atoms with van der Waals surface area (Å²) in [5, 5.41) is 0. The number of carbonyl (C=O) groups excluding carboxylic acids is 1. The van der Waals surface area contributed by atoms with Crippen LogP contribution in [0.1, 0.15) is 16.7 Å². The Morgan fingerprint density at radius 3 is 2.66 bits per heavy atom. The molecule has 1 aliphatic rings. The summed E-state index contributed by atoms with van der Waals surface area (Å²) in [6.07, 6.45) is 1.50. The molecule has 0 amide bonds. The summed E-state index contributed by atoms with van der Waals surface area (Å²) in [6.45, 7) is 0.135. The lowest BCUT2D eigenvalue weighted by Gasteiger charge is -2.13. The lowest BCUT2D eigenvalue weighted by molar-refractivity contribution is -0.129. The van der Waals surface area contributed by atoms with E-state index in [9.17, 15) is 13.6 Å². The van der Waals surface area contributed by atoms with E-state index in [1.165, 1.54) is 43.5 Å². The molecule has 3 aromatic rings. The second-order valence-corrected chi connectivity index (χ2v) is 7.62. The summed E-state index contributed by atoms with van der Waals surface area (Å²) in [5.41, 5.74) is 1.36. The molecule has 3 aromatic carbocycles. The molecule has 0 saturated heterocycles. The molecule has 0 bridgehead atoms. The van der Waals surface area contributed by atoms with Gasteiger partial charge in [-0.2, -0.15) is 0 Å². The van der Waals surface area contributed by atoms with E-state index in [-0.39, 0.29) is 29.6 Å². The maximum Gasteiger partial charge on any atom is 0.363 e. The van der Waals surface area contributed by atoms with Gasteiger partial charge in [-0.3, -0.25) is 0 Å². The van der Waals surface area contributed by atoms with Crippen LogP contribution in [0.3, 0.4) is 0 Å². The lowest BCUT2D eigenvalue weighted by atomic mass is 10.1. The van der Waals surface area contributed by atoms with E-state index in [1.807, 2.05) is 0 Å². The Hall–Kier alpha value is -3.52. The monoisotopic (exact) mass is 499 g/mol. The molecule has 4 rings (SSSR count). The molecule has 0 spiro atoms. The van der Waals surface area contributed by atoms with Crippen LogP contribution in [-0.2, 0) is 16.1 Å². The van der Waals surface area contributed by atoms with E-state index in [1.54, 1.807) is 30.3 Å². The molecule has 0 unspecified atom stereocenters. The number of carbonyl (C=O) groups is 1. The van der Waals surface area contributed by atoms with Gasteiger partial charge in [-0.05, 0) is 69.5 Å². The first-order valence-corrected chi connectivity index (χ1v) is 10.3. The Labute approximate surface area is 191 Å². The zero-order valence-electron chi connectivity index (χ0n) is 16.8. The predicted molar refractivity (Wildman–Crippen MR) is 118 cm³/mol. The average molecular weight is 500 g/mol. The fourth-order valence-corrected chi connectivity index (χ4v) is 3.64. The van der Waals surface area contributed by atoms with Gasteiger partial charge in [0.15, 0.2) is 17.2 Å². The van der Waals surface area contributed by atoms with Crippen molar-refractivity contribution in [2.45, 2.75) is 6.61 Å². The van der Waals surface area contributed by atoms with Crippen LogP contribution in [0.25, 0.3) is 6.08 Å². The van der Waals surface area contributed by atoms with Crippen LogP contribution < -0.4 is 9.47 Å². The van der Waals surface area contributed by atoms with Gasteiger partial charge in [-0.25, -0.2) is 18.6 Å². The normalized spacial score (nSPS) is 14.3. The molecule has 0 aromatic heterocycles.